The van der Waals surface area contributed by atoms with Crippen molar-refractivity contribution in [3.8, 4) is 0 Å². The number of halogens is 3. The summed E-state index contributed by atoms with van der Waals surface area (Å²) >= 11 is 6.01. The highest BCUT2D eigenvalue weighted by molar-refractivity contribution is 6.30. The predicted molar refractivity (Wildman–Crippen MR) is 113 cm³/mol. The van der Waals surface area contributed by atoms with Crippen molar-refractivity contribution in [2.45, 2.75) is 13.3 Å². The van der Waals surface area contributed by atoms with Crippen molar-refractivity contribution in [1.82, 2.24) is 0 Å². The molecule has 142 valence electrons. The van der Waals surface area contributed by atoms with Crippen molar-refractivity contribution < 1.29 is 8.78 Å². The average Bonchev–Trinajstić information content (AvgIpc) is 3.09. The van der Waals surface area contributed by atoms with Gasteiger partial charge < -0.3 is 0 Å². The van der Waals surface area contributed by atoms with Crippen molar-refractivity contribution in [2.75, 3.05) is 6.54 Å². The highest BCUT2D eigenvalue weighted by Crippen LogP contribution is 2.33. The number of benzene rings is 2. The predicted octanol–water partition coefficient (Wildman–Crippen LogP) is 6.43. The molecule has 1 aliphatic heterocycles. The number of hydrogen-bond acceptors (Lipinski definition) is 2. The van der Waals surface area contributed by atoms with Crippen LogP contribution in [0.5, 0.6) is 0 Å². The number of rotatable bonds is 6. The molecule has 0 bridgehead atoms. The Morgan fingerprint density at radius 2 is 1.96 bits per heavy atom. The molecule has 0 amide bonds. The van der Waals surface area contributed by atoms with E-state index < -0.39 is 11.6 Å². The Balaban J connectivity index is 2.10. The lowest BCUT2D eigenvalue weighted by Gasteiger charge is -2.12. The first-order valence-corrected chi connectivity index (χ1v) is 9.18. The summed E-state index contributed by atoms with van der Waals surface area (Å²) in [6, 6.07) is 11.0. The van der Waals surface area contributed by atoms with Crippen molar-refractivity contribution in [3.63, 3.8) is 0 Å². The SMILES string of the molecule is C=CN=C/C(=C\C)CC1=C(c2ccc(F)cc2F)CN=C1c1ccc(Cl)cc1. The maximum absolute atomic E-state index is 14.5. The van der Waals surface area contributed by atoms with E-state index in [4.69, 9.17) is 11.6 Å². The smallest absolute Gasteiger partial charge is 0.133 e. The van der Waals surface area contributed by atoms with Gasteiger partial charge in [0.2, 0.25) is 0 Å². The van der Waals surface area contributed by atoms with Gasteiger partial charge >= 0.3 is 0 Å². The quantitative estimate of drug-likeness (QED) is 0.503. The summed E-state index contributed by atoms with van der Waals surface area (Å²) in [6.07, 6.45) is 5.63. The summed E-state index contributed by atoms with van der Waals surface area (Å²) in [5.74, 6) is -1.20. The molecule has 0 N–H and O–H groups in total. The van der Waals surface area contributed by atoms with Crippen molar-refractivity contribution in [3.05, 3.63) is 100 Å². The van der Waals surface area contributed by atoms with Gasteiger partial charge in [0.05, 0.1) is 12.3 Å². The molecule has 0 saturated carbocycles. The summed E-state index contributed by atoms with van der Waals surface area (Å²) in [5, 5.41) is 0.630. The van der Waals surface area contributed by atoms with E-state index in [9.17, 15) is 8.78 Å². The molecule has 0 spiro atoms. The first kappa shape index (κ1) is 19.9. The molecule has 0 fully saturated rings. The van der Waals surface area contributed by atoms with Crippen LogP contribution in [0, 0.1) is 11.6 Å². The van der Waals surface area contributed by atoms with E-state index >= 15 is 0 Å². The molecule has 1 aliphatic rings. The molecule has 5 heteroatoms. The number of allylic oxidation sites excluding steroid dienone is 3. The van der Waals surface area contributed by atoms with Gasteiger partial charge in [0.15, 0.2) is 0 Å². The van der Waals surface area contributed by atoms with Crippen molar-refractivity contribution in [1.29, 1.82) is 0 Å². The fraction of sp³-hybridized carbons (Fsp3) is 0.130. The van der Waals surface area contributed by atoms with E-state index in [1.807, 2.05) is 25.1 Å². The van der Waals surface area contributed by atoms with Gasteiger partial charge in [-0.15, -0.1) is 0 Å². The zero-order valence-corrected chi connectivity index (χ0v) is 16.2. The fourth-order valence-corrected chi connectivity index (χ4v) is 3.24. The van der Waals surface area contributed by atoms with Crippen LogP contribution in [-0.4, -0.2) is 18.5 Å². The van der Waals surface area contributed by atoms with Crippen molar-refractivity contribution >= 4 is 29.1 Å². The molecule has 0 aromatic heterocycles. The fourth-order valence-electron chi connectivity index (χ4n) is 3.11. The normalized spacial score (nSPS) is 14.7. The van der Waals surface area contributed by atoms with Gasteiger partial charge in [-0.1, -0.05) is 36.4 Å². The van der Waals surface area contributed by atoms with Gasteiger partial charge in [0.25, 0.3) is 0 Å². The zero-order chi connectivity index (χ0) is 20.1. The summed E-state index contributed by atoms with van der Waals surface area (Å²) in [7, 11) is 0. The van der Waals surface area contributed by atoms with Gasteiger partial charge in [-0.25, -0.2) is 8.78 Å². The molecule has 0 saturated heterocycles. The van der Waals surface area contributed by atoms with Crippen LogP contribution in [0.2, 0.25) is 5.02 Å². The Hall–Kier alpha value is -2.85. The largest absolute Gasteiger partial charge is 0.280 e. The summed E-state index contributed by atoms with van der Waals surface area (Å²) in [5.41, 5.74) is 4.61. The van der Waals surface area contributed by atoms with Crippen LogP contribution >= 0.6 is 11.6 Å². The Bertz CT molecular complexity index is 1020. The lowest BCUT2D eigenvalue weighted by Crippen LogP contribution is -2.06. The molecule has 0 unspecified atom stereocenters. The maximum Gasteiger partial charge on any atom is 0.133 e. The molecule has 0 atom stereocenters. The highest BCUT2D eigenvalue weighted by Gasteiger charge is 2.24. The minimum Gasteiger partial charge on any atom is -0.280 e. The number of hydrogen-bond donors (Lipinski definition) is 0. The molecular weight excluding hydrogens is 378 g/mol. The highest BCUT2D eigenvalue weighted by atomic mass is 35.5. The van der Waals surface area contributed by atoms with E-state index in [1.165, 1.54) is 18.3 Å². The van der Waals surface area contributed by atoms with E-state index in [0.717, 1.165) is 34.1 Å². The Kier molecular flexibility index (Phi) is 6.32. The first-order chi connectivity index (χ1) is 13.5. The Morgan fingerprint density at radius 1 is 1.21 bits per heavy atom. The molecule has 3 rings (SSSR count). The number of nitrogens with zero attached hydrogens (tertiary/aromatic N) is 2. The van der Waals surface area contributed by atoms with Crippen LogP contribution < -0.4 is 0 Å². The average molecular weight is 397 g/mol. The third kappa shape index (κ3) is 4.34. The van der Waals surface area contributed by atoms with Crippen molar-refractivity contribution in [2.24, 2.45) is 9.98 Å². The Morgan fingerprint density at radius 3 is 2.61 bits per heavy atom. The molecular formula is C23H19ClF2N2. The maximum atomic E-state index is 14.5. The lowest BCUT2D eigenvalue weighted by molar-refractivity contribution is 0.580. The van der Waals surface area contributed by atoms with Gasteiger partial charge in [0.1, 0.15) is 11.6 Å². The van der Waals surface area contributed by atoms with Crippen LogP contribution in [0.4, 0.5) is 8.78 Å². The minimum absolute atomic E-state index is 0.325. The molecule has 2 aromatic rings. The first-order valence-electron chi connectivity index (χ1n) is 8.81. The number of aliphatic imine (C=N–C) groups is 2. The summed E-state index contributed by atoms with van der Waals surface area (Å²) < 4.78 is 27.9. The van der Waals surface area contributed by atoms with Gasteiger partial charge in [-0.05, 0) is 47.9 Å². The molecule has 1 heterocycles. The van der Waals surface area contributed by atoms with E-state index in [1.54, 1.807) is 18.3 Å². The van der Waals surface area contributed by atoms with E-state index in [-0.39, 0.29) is 0 Å². The summed E-state index contributed by atoms with van der Waals surface area (Å²) in [4.78, 5) is 8.74. The monoisotopic (exact) mass is 396 g/mol. The van der Waals surface area contributed by atoms with Gasteiger partial charge in [0, 0.05) is 41.1 Å². The van der Waals surface area contributed by atoms with E-state index in [0.29, 0.717) is 23.6 Å². The van der Waals surface area contributed by atoms with Crippen LogP contribution in [0.15, 0.2) is 82.5 Å². The molecule has 2 nitrogen and oxygen atoms in total. The van der Waals surface area contributed by atoms with Crippen LogP contribution in [-0.2, 0) is 0 Å². The zero-order valence-electron chi connectivity index (χ0n) is 15.4. The summed E-state index contributed by atoms with van der Waals surface area (Å²) in [6.45, 7) is 5.83. The third-order valence-corrected chi connectivity index (χ3v) is 4.77. The second kappa shape index (κ2) is 8.89. The van der Waals surface area contributed by atoms with Gasteiger partial charge in [-0.3, -0.25) is 9.98 Å². The van der Waals surface area contributed by atoms with Crippen LogP contribution in [0.3, 0.4) is 0 Å². The Labute approximate surface area is 168 Å². The van der Waals surface area contributed by atoms with E-state index in [2.05, 4.69) is 16.6 Å². The minimum atomic E-state index is -0.604. The topological polar surface area (TPSA) is 24.7 Å². The molecule has 2 aromatic carbocycles. The molecule has 28 heavy (non-hydrogen) atoms. The second-order valence-corrected chi connectivity index (χ2v) is 6.69. The van der Waals surface area contributed by atoms with Gasteiger partial charge in [-0.2, -0.15) is 0 Å². The second-order valence-electron chi connectivity index (χ2n) is 6.25. The van der Waals surface area contributed by atoms with Crippen LogP contribution in [0.1, 0.15) is 24.5 Å². The molecule has 0 aliphatic carbocycles. The molecule has 0 radical (unpaired) electrons. The lowest BCUT2D eigenvalue weighted by atomic mass is 9.91. The standard InChI is InChI=1S/C23H19ClF2N2/c1-3-15(13-27-4-2)11-20-21(19-10-9-18(25)12-22(19)26)14-28-23(20)16-5-7-17(24)8-6-16/h3-10,12-13H,2,11,14H2,1H3/b15-3-,27-13?. The van der Waals surface area contributed by atoms with Crippen LogP contribution in [0.25, 0.3) is 5.57 Å². The third-order valence-electron chi connectivity index (χ3n) is 4.52.